The summed E-state index contributed by atoms with van der Waals surface area (Å²) in [5.41, 5.74) is 2.20. The van der Waals surface area contributed by atoms with Crippen LogP contribution >= 0.6 is 0 Å². The van der Waals surface area contributed by atoms with Gasteiger partial charge in [-0.2, -0.15) is 0 Å². The minimum absolute atomic E-state index is 0.119. The van der Waals surface area contributed by atoms with Crippen LogP contribution in [0.25, 0.3) is 0 Å². The fourth-order valence-electron chi connectivity index (χ4n) is 9.65. The third kappa shape index (κ3) is 2.10. The highest BCUT2D eigenvalue weighted by molar-refractivity contribution is 5.86. The Hall–Kier alpha value is -2.35. The van der Waals surface area contributed by atoms with Gasteiger partial charge in [0.25, 0.3) is 0 Å². The number of aliphatic hydroxyl groups is 2. The molecule has 2 aromatic rings. The Morgan fingerprint density at radius 2 is 2.03 bits per heavy atom. The SMILES string of the molecule is CC[C@H]1[C@@H]2C[C@H]3[C@@H]4N(C)c5ccccc5[C@]45C[C@@H]([C@@H]2[C@@H]5O)[N+]3(Cc2ccc(C(=O)OC)o2)[C@@H]1O. The lowest BCUT2D eigenvalue weighted by Crippen LogP contribution is -2.82. The van der Waals surface area contributed by atoms with Gasteiger partial charge in [-0.1, -0.05) is 25.1 Å². The van der Waals surface area contributed by atoms with Crippen molar-refractivity contribution in [1.29, 1.82) is 0 Å². The maximum absolute atomic E-state index is 12.1. The molecule has 7 nitrogen and oxygen atoms in total. The van der Waals surface area contributed by atoms with E-state index in [1.807, 2.05) is 6.07 Å². The third-order valence-electron chi connectivity index (χ3n) is 10.6. The zero-order valence-electron chi connectivity index (χ0n) is 19.9. The standard InChI is InChI=1S/C27H33N2O5/c1-4-15-16-11-19-23-27(17-7-5-6-8-18(17)28(23)2)12-20(22(16)24(27)30)29(19,25(15)31)13-14-9-10-21(34-14)26(32)33-3/h5-10,15-16,19-20,22-25,30-31H,4,11-13H2,1-3H3/q+1/t15-,16-,19-,20-,22+,23-,24-,25+,27+,29?/m0/s1. The second-order valence-electron chi connectivity index (χ2n) is 11.3. The number of likely N-dealkylation sites (N-methyl/N-ethyl adjacent to an activating group) is 1. The summed E-state index contributed by atoms with van der Waals surface area (Å²) in [6, 6.07) is 12.6. The maximum Gasteiger partial charge on any atom is 0.373 e. The number of quaternary nitrogens is 1. The Bertz CT molecular complexity index is 1180. The van der Waals surface area contributed by atoms with E-state index in [9.17, 15) is 15.0 Å². The van der Waals surface area contributed by atoms with Gasteiger partial charge in [0.05, 0.1) is 30.7 Å². The summed E-state index contributed by atoms with van der Waals surface area (Å²) >= 11 is 0. The molecule has 6 aliphatic rings. The van der Waals surface area contributed by atoms with Crippen LogP contribution in [0.3, 0.4) is 0 Å². The molecule has 1 saturated carbocycles. The van der Waals surface area contributed by atoms with Crippen molar-refractivity contribution in [2.75, 3.05) is 19.1 Å². The number of hydrogen-bond acceptors (Lipinski definition) is 6. The van der Waals surface area contributed by atoms with Crippen LogP contribution in [0.2, 0.25) is 0 Å². The number of rotatable bonds is 4. The van der Waals surface area contributed by atoms with Crippen LogP contribution < -0.4 is 4.90 Å². The zero-order valence-corrected chi connectivity index (χ0v) is 19.9. The molecule has 5 aliphatic heterocycles. The van der Waals surface area contributed by atoms with Crippen molar-refractivity contribution in [3.05, 3.63) is 53.5 Å². The number of carbonyl (C=O) groups is 1. The largest absolute Gasteiger partial charge is 0.463 e. The second-order valence-corrected chi connectivity index (χ2v) is 11.3. The minimum atomic E-state index is -0.512. The van der Waals surface area contributed by atoms with Crippen LogP contribution in [-0.2, 0) is 16.7 Å². The van der Waals surface area contributed by atoms with Crippen LogP contribution in [0, 0.1) is 17.8 Å². The Labute approximate surface area is 199 Å². The number of anilines is 1. The lowest BCUT2D eigenvalue weighted by molar-refractivity contribution is -1.05. The second kappa shape index (κ2) is 6.65. The lowest BCUT2D eigenvalue weighted by atomic mass is 9.60. The highest BCUT2D eigenvalue weighted by Crippen LogP contribution is 2.71. The zero-order chi connectivity index (χ0) is 23.6. The van der Waals surface area contributed by atoms with Gasteiger partial charge in [-0.25, -0.2) is 4.79 Å². The third-order valence-corrected chi connectivity index (χ3v) is 10.6. The smallest absolute Gasteiger partial charge is 0.373 e. The van der Waals surface area contributed by atoms with E-state index in [0.29, 0.717) is 22.7 Å². The summed E-state index contributed by atoms with van der Waals surface area (Å²) in [5.74, 6) is 1.04. The first-order valence-corrected chi connectivity index (χ1v) is 12.6. The van der Waals surface area contributed by atoms with Gasteiger partial charge in [0.1, 0.15) is 12.6 Å². The first kappa shape index (κ1) is 21.0. The summed E-state index contributed by atoms with van der Waals surface area (Å²) in [6.45, 7) is 2.69. The van der Waals surface area contributed by atoms with Gasteiger partial charge in [0.2, 0.25) is 5.76 Å². The molecule has 0 radical (unpaired) electrons. The van der Waals surface area contributed by atoms with Crippen LogP contribution in [0.4, 0.5) is 5.69 Å². The average molecular weight is 466 g/mol. The summed E-state index contributed by atoms with van der Waals surface area (Å²) in [6.07, 6.45) is 1.83. The fourth-order valence-corrected chi connectivity index (χ4v) is 9.65. The molecule has 5 fully saturated rings. The molecule has 6 heterocycles. The molecule has 7 heteroatoms. The molecule has 4 saturated heterocycles. The van der Waals surface area contributed by atoms with Crippen molar-refractivity contribution in [2.24, 2.45) is 17.8 Å². The summed E-state index contributed by atoms with van der Waals surface area (Å²) in [4.78, 5) is 14.4. The van der Waals surface area contributed by atoms with E-state index in [0.717, 1.165) is 19.3 Å². The van der Waals surface area contributed by atoms with E-state index in [2.05, 4.69) is 43.1 Å². The number of benzene rings is 1. The molecule has 2 N–H and O–H groups in total. The van der Waals surface area contributed by atoms with Crippen molar-refractivity contribution in [3.63, 3.8) is 0 Å². The average Bonchev–Trinajstić information content (AvgIpc) is 3.47. The van der Waals surface area contributed by atoms with Crippen molar-refractivity contribution in [1.82, 2.24) is 0 Å². The fraction of sp³-hybridized carbons (Fsp3) is 0.593. The van der Waals surface area contributed by atoms with Crippen LogP contribution in [0.15, 0.2) is 40.8 Å². The Morgan fingerprint density at radius 3 is 2.79 bits per heavy atom. The predicted octanol–water partition coefficient (Wildman–Crippen LogP) is 2.65. The van der Waals surface area contributed by atoms with Gasteiger partial charge in [0.15, 0.2) is 12.0 Å². The van der Waals surface area contributed by atoms with Gasteiger partial charge in [-0.05, 0) is 36.1 Å². The van der Waals surface area contributed by atoms with Gasteiger partial charge < -0.3 is 24.3 Å². The van der Waals surface area contributed by atoms with Crippen molar-refractivity contribution < 1.29 is 28.6 Å². The van der Waals surface area contributed by atoms with Crippen molar-refractivity contribution >= 4 is 11.7 Å². The molecule has 1 aromatic heterocycles. The van der Waals surface area contributed by atoms with E-state index < -0.39 is 18.3 Å². The van der Waals surface area contributed by atoms with Crippen molar-refractivity contribution in [3.8, 4) is 0 Å². The first-order valence-electron chi connectivity index (χ1n) is 12.6. The topological polar surface area (TPSA) is 83.1 Å². The van der Waals surface area contributed by atoms with E-state index in [1.165, 1.54) is 18.4 Å². The van der Waals surface area contributed by atoms with Gasteiger partial charge in [-0.15, -0.1) is 0 Å². The number of carbonyl (C=O) groups excluding carboxylic acids is 1. The van der Waals surface area contributed by atoms with Crippen LogP contribution in [-0.4, -0.2) is 65.3 Å². The molecule has 1 unspecified atom stereocenters. The Balaban J connectivity index is 1.41. The van der Waals surface area contributed by atoms with E-state index >= 15 is 0 Å². The molecule has 1 aromatic carbocycles. The predicted molar refractivity (Wildman–Crippen MR) is 124 cm³/mol. The van der Waals surface area contributed by atoms with Crippen LogP contribution in [0.5, 0.6) is 0 Å². The number of piperidine rings is 4. The monoisotopic (exact) mass is 465 g/mol. The number of ether oxygens (including phenoxy) is 1. The maximum atomic E-state index is 12.1. The molecule has 5 bridgehead atoms. The van der Waals surface area contributed by atoms with E-state index in [-0.39, 0.29) is 41.1 Å². The van der Waals surface area contributed by atoms with Crippen LogP contribution in [0.1, 0.15) is 48.1 Å². The Morgan fingerprint density at radius 1 is 1.24 bits per heavy atom. The molecule has 1 aliphatic carbocycles. The summed E-state index contributed by atoms with van der Waals surface area (Å²) in [7, 11) is 3.51. The number of hydrogen-bond donors (Lipinski definition) is 2. The highest BCUT2D eigenvalue weighted by atomic mass is 16.5. The number of esters is 1. The normalized spacial score (nSPS) is 44.9. The summed E-state index contributed by atoms with van der Waals surface area (Å²) in [5, 5.41) is 24.1. The van der Waals surface area contributed by atoms with Gasteiger partial charge in [-0.3, -0.25) is 4.48 Å². The summed E-state index contributed by atoms with van der Waals surface area (Å²) < 4.78 is 11.3. The molecule has 180 valence electrons. The highest BCUT2D eigenvalue weighted by Gasteiger charge is 2.83. The Kier molecular flexibility index (Phi) is 4.10. The minimum Gasteiger partial charge on any atom is -0.463 e. The number of para-hydroxylation sites is 1. The van der Waals surface area contributed by atoms with Crippen molar-refractivity contribution in [2.45, 2.75) is 68.6 Å². The van der Waals surface area contributed by atoms with Gasteiger partial charge in [0, 0.05) is 37.4 Å². The molecule has 0 amide bonds. The quantitative estimate of drug-likeness (QED) is 0.534. The molecular weight excluding hydrogens is 432 g/mol. The molecule has 1 spiro atoms. The number of methoxy groups -OCH3 is 1. The van der Waals surface area contributed by atoms with Gasteiger partial charge >= 0.3 is 5.97 Å². The molecule has 8 rings (SSSR count). The van der Waals surface area contributed by atoms with E-state index in [4.69, 9.17) is 9.15 Å². The number of furan rings is 1. The molecule has 10 atom stereocenters. The number of fused-ring (bicyclic) bond motifs is 2. The van der Waals surface area contributed by atoms with E-state index in [1.54, 1.807) is 6.07 Å². The lowest BCUT2D eigenvalue weighted by Gasteiger charge is -2.67. The number of nitrogens with zero attached hydrogens (tertiary/aromatic N) is 2. The number of aliphatic hydroxyl groups excluding tert-OH is 2. The first-order chi connectivity index (χ1) is 16.4. The molecular formula is C27H33N2O5+. The molecule has 34 heavy (non-hydrogen) atoms.